The fraction of sp³-hybridized carbons (Fsp3) is 0.923. The summed E-state index contributed by atoms with van der Waals surface area (Å²) in [7, 11) is 0. The van der Waals surface area contributed by atoms with E-state index in [2.05, 4.69) is 26.1 Å². The Morgan fingerprint density at radius 3 is 2.07 bits per heavy atom. The molecular formula is C13H27NO. The van der Waals surface area contributed by atoms with Gasteiger partial charge >= 0.3 is 0 Å². The number of carbonyl (C=O) groups is 1. The van der Waals surface area contributed by atoms with Crippen LogP contribution in [0.25, 0.3) is 0 Å². The van der Waals surface area contributed by atoms with Crippen molar-refractivity contribution in [2.24, 2.45) is 11.8 Å². The number of nitrogens with one attached hydrogen (secondary N) is 1. The van der Waals surface area contributed by atoms with Crippen molar-refractivity contribution < 1.29 is 4.79 Å². The van der Waals surface area contributed by atoms with Gasteiger partial charge in [0.25, 0.3) is 0 Å². The van der Waals surface area contributed by atoms with Crippen molar-refractivity contribution in [3.05, 3.63) is 0 Å². The molecule has 0 aliphatic rings. The van der Waals surface area contributed by atoms with Crippen LogP contribution in [0.15, 0.2) is 0 Å². The summed E-state index contributed by atoms with van der Waals surface area (Å²) < 4.78 is 0. The molecule has 0 heterocycles. The molecule has 2 atom stereocenters. The average molecular weight is 213 g/mol. The summed E-state index contributed by atoms with van der Waals surface area (Å²) in [6.07, 6.45) is 4.60. The first-order valence-corrected chi connectivity index (χ1v) is 6.31. The molecule has 0 radical (unpaired) electrons. The third-order valence-electron chi connectivity index (χ3n) is 3.07. The summed E-state index contributed by atoms with van der Waals surface area (Å²) in [6.45, 7) is 10.5. The molecule has 1 N–H and O–H groups in total. The monoisotopic (exact) mass is 213 g/mol. The SMILES string of the molecule is CCC(CC[C@H](C)CC)NC(=O)C(C)C. The van der Waals surface area contributed by atoms with E-state index in [9.17, 15) is 4.79 Å². The van der Waals surface area contributed by atoms with Gasteiger partial charge in [-0.25, -0.2) is 0 Å². The Hall–Kier alpha value is -0.530. The summed E-state index contributed by atoms with van der Waals surface area (Å²) in [5, 5.41) is 3.11. The molecule has 2 nitrogen and oxygen atoms in total. The quantitative estimate of drug-likeness (QED) is 0.690. The summed E-state index contributed by atoms with van der Waals surface area (Å²) in [4.78, 5) is 11.5. The number of carbonyl (C=O) groups excluding carboxylic acids is 1. The standard InChI is InChI=1S/C13H27NO/c1-6-11(5)8-9-12(7-2)14-13(15)10(3)4/h10-12H,6-9H2,1-5H3,(H,14,15)/t11-,12?/m1/s1. The summed E-state index contributed by atoms with van der Waals surface area (Å²) in [6, 6.07) is 0.369. The van der Waals surface area contributed by atoms with Gasteiger partial charge in [0.1, 0.15) is 0 Å². The van der Waals surface area contributed by atoms with Gasteiger partial charge in [-0.1, -0.05) is 41.0 Å². The second kappa shape index (κ2) is 7.72. The Bertz CT molecular complexity index is 177. The van der Waals surface area contributed by atoms with E-state index in [1.165, 1.54) is 12.8 Å². The van der Waals surface area contributed by atoms with Gasteiger partial charge in [-0.2, -0.15) is 0 Å². The van der Waals surface area contributed by atoms with Gasteiger partial charge in [-0.15, -0.1) is 0 Å². The molecule has 0 saturated carbocycles. The predicted octanol–water partition coefficient (Wildman–Crippen LogP) is 3.36. The molecule has 0 bridgehead atoms. The van der Waals surface area contributed by atoms with Gasteiger partial charge in [0, 0.05) is 12.0 Å². The van der Waals surface area contributed by atoms with Crippen molar-refractivity contribution in [2.75, 3.05) is 0 Å². The van der Waals surface area contributed by atoms with E-state index in [4.69, 9.17) is 0 Å². The fourth-order valence-corrected chi connectivity index (χ4v) is 1.44. The van der Waals surface area contributed by atoms with E-state index in [-0.39, 0.29) is 11.8 Å². The molecule has 15 heavy (non-hydrogen) atoms. The third kappa shape index (κ3) is 6.53. The minimum Gasteiger partial charge on any atom is -0.353 e. The van der Waals surface area contributed by atoms with Gasteiger partial charge in [0.05, 0.1) is 0 Å². The van der Waals surface area contributed by atoms with Crippen molar-refractivity contribution in [3.63, 3.8) is 0 Å². The van der Waals surface area contributed by atoms with E-state index < -0.39 is 0 Å². The van der Waals surface area contributed by atoms with Gasteiger partial charge in [0.2, 0.25) is 5.91 Å². The number of rotatable bonds is 7. The largest absolute Gasteiger partial charge is 0.353 e. The normalized spacial score (nSPS) is 15.1. The first-order valence-electron chi connectivity index (χ1n) is 6.31. The van der Waals surface area contributed by atoms with Crippen LogP contribution in [-0.2, 0) is 4.79 Å². The van der Waals surface area contributed by atoms with Crippen LogP contribution in [0.5, 0.6) is 0 Å². The lowest BCUT2D eigenvalue weighted by atomic mass is 9.98. The van der Waals surface area contributed by atoms with Crippen molar-refractivity contribution in [1.29, 1.82) is 0 Å². The first-order chi connectivity index (χ1) is 7.01. The molecule has 0 saturated heterocycles. The lowest BCUT2D eigenvalue weighted by molar-refractivity contribution is -0.124. The zero-order valence-corrected chi connectivity index (χ0v) is 11.0. The zero-order chi connectivity index (χ0) is 11.8. The second-order valence-electron chi connectivity index (χ2n) is 4.86. The van der Waals surface area contributed by atoms with Crippen LogP contribution in [0.2, 0.25) is 0 Å². The Labute approximate surface area is 94.8 Å². The van der Waals surface area contributed by atoms with Crippen LogP contribution in [0, 0.1) is 11.8 Å². The van der Waals surface area contributed by atoms with Gasteiger partial charge in [-0.05, 0) is 25.2 Å². The Balaban J connectivity index is 3.87. The van der Waals surface area contributed by atoms with Crippen LogP contribution < -0.4 is 5.32 Å². The maximum atomic E-state index is 11.5. The van der Waals surface area contributed by atoms with E-state index in [0.717, 1.165) is 18.8 Å². The molecule has 0 rings (SSSR count). The molecular weight excluding hydrogens is 186 g/mol. The number of hydrogen-bond donors (Lipinski definition) is 1. The van der Waals surface area contributed by atoms with Crippen molar-refractivity contribution in [3.8, 4) is 0 Å². The highest BCUT2D eigenvalue weighted by molar-refractivity contribution is 5.78. The second-order valence-corrected chi connectivity index (χ2v) is 4.86. The van der Waals surface area contributed by atoms with Crippen LogP contribution in [0.3, 0.4) is 0 Å². The van der Waals surface area contributed by atoms with Crippen molar-refractivity contribution in [2.45, 2.75) is 66.3 Å². The van der Waals surface area contributed by atoms with E-state index >= 15 is 0 Å². The fourth-order valence-electron chi connectivity index (χ4n) is 1.44. The Kier molecular flexibility index (Phi) is 7.45. The first kappa shape index (κ1) is 14.5. The molecule has 0 aliphatic carbocycles. The maximum absolute atomic E-state index is 11.5. The number of hydrogen-bond acceptors (Lipinski definition) is 1. The minimum absolute atomic E-state index is 0.0997. The highest BCUT2D eigenvalue weighted by atomic mass is 16.1. The molecule has 0 aromatic carbocycles. The molecule has 0 fully saturated rings. The van der Waals surface area contributed by atoms with Gasteiger partial charge in [-0.3, -0.25) is 4.79 Å². The predicted molar refractivity (Wildman–Crippen MR) is 65.7 cm³/mol. The summed E-state index contributed by atoms with van der Waals surface area (Å²) in [5.41, 5.74) is 0. The van der Waals surface area contributed by atoms with Crippen LogP contribution in [0.1, 0.15) is 60.3 Å². The van der Waals surface area contributed by atoms with Crippen molar-refractivity contribution >= 4 is 5.91 Å². The van der Waals surface area contributed by atoms with Gasteiger partial charge in [0.15, 0.2) is 0 Å². The van der Waals surface area contributed by atoms with E-state index in [1.807, 2.05) is 13.8 Å². The van der Waals surface area contributed by atoms with Gasteiger partial charge < -0.3 is 5.32 Å². The smallest absolute Gasteiger partial charge is 0.222 e. The molecule has 0 aromatic rings. The lowest BCUT2D eigenvalue weighted by Gasteiger charge is -2.20. The highest BCUT2D eigenvalue weighted by Crippen LogP contribution is 2.13. The molecule has 90 valence electrons. The van der Waals surface area contributed by atoms with E-state index in [0.29, 0.717) is 6.04 Å². The summed E-state index contributed by atoms with van der Waals surface area (Å²) >= 11 is 0. The highest BCUT2D eigenvalue weighted by Gasteiger charge is 2.13. The Morgan fingerprint density at radius 1 is 1.07 bits per heavy atom. The zero-order valence-electron chi connectivity index (χ0n) is 11.0. The third-order valence-corrected chi connectivity index (χ3v) is 3.07. The molecule has 2 heteroatoms. The van der Waals surface area contributed by atoms with Crippen LogP contribution >= 0.6 is 0 Å². The van der Waals surface area contributed by atoms with Crippen LogP contribution in [-0.4, -0.2) is 11.9 Å². The summed E-state index contributed by atoms with van der Waals surface area (Å²) in [5.74, 6) is 1.06. The molecule has 0 aliphatic heterocycles. The molecule has 1 unspecified atom stereocenters. The van der Waals surface area contributed by atoms with E-state index in [1.54, 1.807) is 0 Å². The molecule has 1 amide bonds. The average Bonchev–Trinajstić information content (AvgIpc) is 2.22. The molecule has 0 aromatic heterocycles. The Morgan fingerprint density at radius 2 is 1.67 bits per heavy atom. The molecule has 0 spiro atoms. The lowest BCUT2D eigenvalue weighted by Crippen LogP contribution is -2.37. The van der Waals surface area contributed by atoms with Crippen molar-refractivity contribution in [1.82, 2.24) is 5.32 Å². The number of amides is 1. The minimum atomic E-state index is 0.0997. The maximum Gasteiger partial charge on any atom is 0.222 e. The van der Waals surface area contributed by atoms with Crippen LogP contribution in [0.4, 0.5) is 0 Å². The topological polar surface area (TPSA) is 29.1 Å².